The molecule has 1 N–H and O–H groups in total. The van der Waals surface area contributed by atoms with E-state index in [-0.39, 0.29) is 0 Å². The summed E-state index contributed by atoms with van der Waals surface area (Å²) in [5, 5.41) is 3.53. The molecule has 1 atom stereocenters. The van der Waals surface area contributed by atoms with Crippen LogP contribution in [-0.4, -0.2) is 25.3 Å². The maximum atomic E-state index is 5.65. The Bertz CT molecular complexity index is 170. The van der Waals surface area contributed by atoms with E-state index in [4.69, 9.17) is 4.74 Å². The van der Waals surface area contributed by atoms with Crippen molar-refractivity contribution in [3.8, 4) is 0 Å². The van der Waals surface area contributed by atoms with Crippen LogP contribution in [0.3, 0.4) is 0 Å². The van der Waals surface area contributed by atoms with Gasteiger partial charge >= 0.3 is 0 Å². The highest BCUT2D eigenvalue weighted by Crippen LogP contribution is 2.28. The summed E-state index contributed by atoms with van der Waals surface area (Å²) < 4.78 is 5.65. The number of hydrogen-bond acceptors (Lipinski definition) is 2. The summed E-state index contributed by atoms with van der Waals surface area (Å²) in [6.07, 6.45) is 1.49. The molecule has 0 aromatic heterocycles. The minimum atomic E-state index is 0.346. The van der Waals surface area contributed by atoms with E-state index in [1.54, 1.807) is 0 Å². The molecule has 16 heavy (non-hydrogen) atoms. The van der Waals surface area contributed by atoms with Crippen LogP contribution in [0.5, 0.6) is 0 Å². The van der Waals surface area contributed by atoms with Crippen LogP contribution in [0.25, 0.3) is 0 Å². The Kier molecular flexibility index (Phi) is 7.25. The predicted molar refractivity (Wildman–Crippen MR) is 71.8 cm³/mol. The van der Waals surface area contributed by atoms with Crippen LogP contribution in [0.15, 0.2) is 0 Å². The second-order valence-corrected chi connectivity index (χ2v) is 6.33. The first kappa shape index (κ1) is 15.9. The first-order valence-electron chi connectivity index (χ1n) is 6.58. The van der Waals surface area contributed by atoms with E-state index in [0.717, 1.165) is 19.6 Å². The van der Waals surface area contributed by atoms with Crippen LogP contribution < -0.4 is 5.32 Å². The first-order chi connectivity index (χ1) is 7.23. The summed E-state index contributed by atoms with van der Waals surface area (Å²) in [5.74, 6) is 0.675. The lowest BCUT2D eigenvalue weighted by molar-refractivity contribution is 0.0543. The SMILES string of the molecule is CC(C)NCC(CCOC(C)C)C(C)(C)C. The number of hydrogen-bond donors (Lipinski definition) is 1. The predicted octanol–water partition coefficient (Wildman–Crippen LogP) is 3.46. The van der Waals surface area contributed by atoms with Gasteiger partial charge in [-0.3, -0.25) is 0 Å². The quantitative estimate of drug-likeness (QED) is 0.722. The topological polar surface area (TPSA) is 21.3 Å². The third-order valence-electron chi connectivity index (χ3n) is 2.91. The van der Waals surface area contributed by atoms with Gasteiger partial charge < -0.3 is 10.1 Å². The summed E-state index contributed by atoms with van der Waals surface area (Å²) in [5.41, 5.74) is 0.349. The Morgan fingerprint density at radius 2 is 1.62 bits per heavy atom. The van der Waals surface area contributed by atoms with Crippen molar-refractivity contribution in [2.24, 2.45) is 11.3 Å². The molecule has 0 aliphatic rings. The van der Waals surface area contributed by atoms with Gasteiger partial charge in [-0.2, -0.15) is 0 Å². The Balaban J connectivity index is 4.02. The first-order valence-corrected chi connectivity index (χ1v) is 6.58. The third-order valence-corrected chi connectivity index (χ3v) is 2.91. The average molecular weight is 229 g/mol. The van der Waals surface area contributed by atoms with E-state index >= 15 is 0 Å². The summed E-state index contributed by atoms with van der Waals surface area (Å²) in [4.78, 5) is 0. The van der Waals surface area contributed by atoms with Gasteiger partial charge in [-0.1, -0.05) is 34.6 Å². The van der Waals surface area contributed by atoms with Gasteiger partial charge in [0, 0.05) is 12.6 Å². The fourth-order valence-electron chi connectivity index (χ4n) is 1.67. The zero-order chi connectivity index (χ0) is 12.8. The van der Waals surface area contributed by atoms with Crippen molar-refractivity contribution in [1.29, 1.82) is 0 Å². The lowest BCUT2D eigenvalue weighted by Crippen LogP contribution is -2.36. The molecule has 0 aromatic rings. The van der Waals surface area contributed by atoms with E-state index in [2.05, 4.69) is 53.8 Å². The van der Waals surface area contributed by atoms with Gasteiger partial charge in [0.05, 0.1) is 6.10 Å². The van der Waals surface area contributed by atoms with Crippen molar-refractivity contribution in [2.75, 3.05) is 13.2 Å². The maximum absolute atomic E-state index is 5.65. The van der Waals surface area contributed by atoms with Crippen LogP contribution in [0.4, 0.5) is 0 Å². The fraction of sp³-hybridized carbons (Fsp3) is 1.00. The van der Waals surface area contributed by atoms with Gasteiger partial charge in [-0.25, -0.2) is 0 Å². The largest absolute Gasteiger partial charge is 0.379 e. The summed E-state index contributed by atoms with van der Waals surface area (Å²) in [6, 6.07) is 0.566. The van der Waals surface area contributed by atoms with Crippen molar-refractivity contribution in [3.05, 3.63) is 0 Å². The smallest absolute Gasteiger partial charge is 0.0518 e. The summed E-state index contributed by atoms with van der Waals surface area (Å²) in [7, 11) is 0. The summed E-state index contributed by atoms with van der Waals surface area (Å²) in [6.45, 7) is 17.5. The second kappa shape index (κ2) is 7.29. The molecule has 0 aliphatic carbocycles. The van der Waals surface area contributed by atoms with Crippen molar-refractivity contribution >= 4 is 0 Å². The van der Waals surface area contributed by atoms with Gasteiger partial charge in [0.25, 0.3) is 0 Å². The molecule has 0 bridgehead atoms. The van der Waals surface area contributed by atoms with Gasteiger partial charge in [-0.15, -0.1) is 0 Å². The number of rotatable bonds is 7. The maximum Gasteiger partial charge on any atom is 0.0518 e. The van der Waals surface area contributed by atoms with E-state index in [9.17, 15) is 0 Å². The molecule has 0 rings (SSSR count). The van der Waals surface area contributed by atoms with Crippen molar-refractivity contribution in [2.45, 2.75) is 67.0 Å². The van der Waals surface area contributed by atoms with Crippen molar-refractivity contribution in [3.63, 3.8) is 0 Å². The Hall–Kier alpha value is -0.0800. The monoisotopic (exact) mass is 229 g/mol. The molecule has 0 aliphatic heterocycles. The van der Waals surface area contributed by atoms with E-state index in [1.165, 1.54) is 0 Å². The molecular formula is C14H31NO. The normalized spacial score (nSPS) is 14.8. The summed E-state index contributed by atoms with van der Waals surface area (Å²) >= 11 is 0. The zero-order valence-corrected chi connectivity index (χ0v) is 12.3. The van der Waals surface area contributed by atoms with Crippen LogP contribution in [0.1, 0.15) is 54.9 Å². The van der Waals surface area contributed by atoms with E-state index in [0.29, 0.717) is 23.5 Å². The molecule has 0 amide bonds. The lowest BCUT2D eigenvalue weighted by atomic mass is 9.79. The molecule has 2 heteroatoms. The highest BCUT2D eigenvalue weighted by atomic mass is 16.5. The van der Waals surface area contributed by atoms with E-state index < -0.39 is 0 Å². The average Bonchev–Trinajstić information content (AvgIpc) is 2.07. The highest BCUT2D eigenvalue weighted by molar-refractivity contribution is 4.76. The van der Waals surface area contributed by atoms with Crippen LogP contribution >= 0.6 is 0 Å². The van der Waals surface area contributed by atoms with Crippen LogP contribution in [0, 0.1) is 11.3 Å². The molecule has 0 heterocycles. The molecule has 0 saturated heterocycles. The van der Waals surface area contributed by atoms with E-state index in [1.807, 2.05) is 0 Å². The van der Waals surface area contributed by atoms with Gasteiger partial charge in [0.1, 0.15) is 0 Å². The lowest BCUT2D eigenvalue weighted by Gasteiger charge is -2.32. The molecule has 0 radical (unpaired) electrons. The molecule has 0 fully saturated rings. The van der Waals surface area contributed by atoms with Crippen molar-refractivity contribution in [1.82, 2.24) is 5.32 Å². The standard InChI is InChI=1S/C14H31NO/c1-11(2)15-10-13(14(5,6)7)8-9-16-12(3)4/h11-13,15H,8-10H2,1-7H3. The second-order valence-electron chi connectivity index (χ2n) is 6.33. The minimum absolute atomic E-state index is 0.346. The minimum Gasteiger partial charge on any atom is -0.379 e. The molecule has 0 spiro atoms. The Labute approximate surface area is 102 Å². The molecule has 98 valence electrons. The zero-order valence-electron chi connectivity index (χ0n) is 12.3. The molecular weight excluding hydrogens is 198 g/mol. The molecule has 1 unspecified atom stereocenters. The van der Waals surface area contributed by atoms with Crippen molar-refractivity contribution < 1.29 is 4.74 Å². The van der Waals surface area contributed by atoms with Gasteiger partial charge in [-0.05, 0) is 38.1 Å². The Morgan fingerprint density at radius 1 is 1.06 bits per heavy atom. The molecule has 0 aromatic carbocycles. The number of ether oxygens (including phenoxy) is 1. The van der Waals surface area contributed by atoms with Crippen LogP contribution in [-0.2, 0) is 4.74 Å². The van der Waals surface area contributed by atoms with Gasteiger partial charge in [0.15, 0.2) is 0 Å². The molecule has 2 nitrogen and oxygen atoms in total. The third kappa shape index (κ3) is 8.12. The van der Waals surface area contributed by atoms with Gasteiger partial charge in [0.2, 0.25) is 0 Å². The fourth-order valence-corrected chi connectivity index (χ4v) is 1.67. The van der Waals surface area contributed by atoms with Crippen LogP contribution in [0.2, 0.25) is 0 Å². The molecule has 0 saturated carbocycles. The highest BCUT2D eigenvalue weighted by Gasteiger charge is 2.24. The number of nitrogens with one attached hydrogen (secondary N) is 1. The Morgan fingerprint density at radius 3 is 2.00 bits per heavy atom.